The highest BCUT2D eigenvalue weighted by Gasteiger charge is 2.56. The Bertz CT molecular complexity index is 661. The molecule has 0 bridgehead atoms. The zero-order valence-electron chi connectivity index (χ0n) is 12.6. The highest BCUT2D eigenvalue weighted by Crippen LogP contribution is 2.63. The van der Waals surface area contributed by atoms with Gasteiger partial charge in [0.2, 0.25) is 0 Å². The third kappa shape index (κ3) is 2.52. The highest BCUT2D eigenvalue weighted by molar-refractivity contribution is 5.85. The molecule has 0 amide bonds. The van der Waals surface area contributed by atoms with E-state index in [2.05, 4.69) is 15.4 Å². The molecule has 1 atom stereocenters. The zero-order valence-corrected chi connectivity index (χ0v) is 13.4. The molecule has 2 heterocycles. The number of aryl methyl sites for hydroxylation is 1. The van der Waals surface area contributed by atoms with Gasteiger partial charge in [0.05, 0.1) is 5.69 Å². The Hall–Kier alpha value is -1.46. The van der Waals surface area contributed by atoms with Crippen LogP contribution in [0.5, 0.6) is 0 Å². The summed E-state index contributed by atoms with van der Waals surface area (Å²) in [6.07, 6.45) is 3.63. The van der Waals surface area contributed by atoms with E-state index in [0.717, 1.165) is 30.4 Å². The summed E-state index contributed by atoms with van der Waals surface area (Å²) in [5.74, 6) is 2.09. The van der Waals surface area contributed by atoms with Crippen molar-refractivity contribution < 1.29 is 4.39 Å². The molecule has 2 fully saturated rings. The van der Waals surface area contributed by atoms with E-state index in [0.29, 0.717) is 11.3 Å². The molecule has 4 rings (SSSR count). The highest BCUT2D eigenvalue weighted by atomic mass is 35.5. The molecular formula is C16H20ClFN4. The third-order valence-electron chi connectivity index (χ3n) is 4.91. The lowest BCUT2D eigenvalue weighted by atomic mass is 9.92. The molecule has 1 unspecified atom stereocenters. The summed E-state index contributed by atoms with van der Waals surface area (Å²) in [5, 5.41) is 7.94. The van der Waals surface area contributed by atoms with Gasteiger partial charge >= 0.3 is 0 Å². The van der Waals surface area contributed by atoms with E-state index in [1.165, 1.54) is 31.4 Å². The summed E-state index contributed by atoms with van der Waals surface area (Å²) < 4.78 is 15.0. The minimum atomic E-state index is -0.224. The minimum Gasteiger partial charge on any atom is -0.317 e. The number of benzene rings is 1. The first-order valence-corrected chi connectivity index (χ1v) is 7.58. The Labute approximate surface area is 135 Å². The second-order valence-corrected chi connectivity index (χ2v) is 6.27. The van der Waals surface area contributed by atoms with Gasteiger partial charge in [-0.3, -0.25) is 0 Å². The van der Waals surface area contributed by atoms with E-state index < -0.39 is 0 Å². The lowest BCUT2D eigenvalue weighted by Crippen LogP contribution is -2.29. The van der Waals surface area contributed by atoms with Gasteiger partial charge in [-0.15, -0.1) is 12.4 Å². The number of hydrogen-bond donors (Lipinski definition) is 1. The Balaban J connectivity index is 0.00000144. The normalized spacial score (nSPS) is 22.4. The molecule has 4 nitrogen and oxygen atoms in total. The number of halogens is 2. The largest absolute Gasteiger partial charge is 0.317 e. The van der Waals surface area contributed by atoms with Crippen molar-refractivity contribution in [2.45, 2.75) is 32.1 Å². The third-order valence-corrected chi connectivity index (χ3v) is 4.91. The van der Waals surface area contributed by atoms with Crippen molar-refractivity contribution in [3.63, 3.8) is 0 Å². The van der Waals surface area contributed by atoms with Crippen LogP contribution in [0.2, 0.25) is 0 Å². The molecule has 1 N–H and O–H groups in total. The average molecular weight is 323 g/mol. The van der Waals surface area contributed by atoms with Crippen molar-refractivity contribution in [2.75, 3.05) is 13.1 Å². The van der Waals surface area contributed by atoms with Gasteiger partial charge in [-0.25, -0.2) is 14.1 Å². The van der Waals surface area contributed by atoms with Crippen LogP contribution < -0.4 is 5.32 Å². The first kappa shape index (κ1) is 15.4. The molecule has 1 spiro atoms. The molecule has 1 aliphatic heterocycles. The van der Waals surface area contributed by atoms with E-state index in [1.807, 2.05) is 11.6 Å². The number of rotatable bonds is 2. The van der Waals surface area contributed by atoms with Gasteiger partial charge in [-0.2, -0.15) is 5.10 Å². The number of nitrogens with one attached hydrogen (secondary N) is 1. The van der Waals surface area contributed by atoms with Gasteiger partial charge in [0.1, 0.15) is 17.5 Å². The Morgan fingerprint density at radius 1 is 1.23 bits per heavy atom. The van der Waals surface area contributed by atoms with Crippen LogP contribution in [0.4, 0.5) is 4.39 Å². The van der Waals surface area contributed by atoms with Crippen molar-refractivity contribution in [3.8, 4) is 5.69 Å². The fourth-order valence-corrected chi connectivity index (χ4v) is 3.62. The molecule has 1 aliphatic carbocycles. The molecule has 2 aromatic rings. The SMILES string of the molecule is Cc1nc(C2CC23CCNCC3)n(-c2ccc(F)cc2)n1.Cl. The van der Waals surface area contributed by atoms with Crippen molar-refractivity contribution in [3.05, 3.63) is 41.7 Å². The van der Waals surface area contributed by atoms with Gasteiger partial charge < -0.3 is 5.32 Å². The summed E-state index contributed by atoms with van der Waals surface area (Å²) in [4.78, 5) is 4.66. The molecule has 1 saturated carbocycles. The van der Waals surface area contributed by atoms with E-state index >= 15 is 0 Å². The lowest BCUT2D eigenvalue weighted by molar-refractivity contribution is 0.339. The van der Waals surface area contributed by atoms with Crippen LogP contribution in [-0.2, 0) is 0 Å². The zero-order chi connectivity index (χ0) is 14.4. The van der Waals surface area contributed by atoms with E-state index in [9.17, 15) is 4.39 Å². The van der Waals surface area contributed by atoms with Crippen molar-refractivity contribution in [1.82, 2.24) is 20.1 Å². The topological polar surface area (TPSA) is 42.7 Å². The molecule has 118 valence electrons. The molecule has 1 saturated heterocycles. The van der Waals surface area contributed by atoms with Gasteiger partial charge in [0, 0.05) is 5.92 Å². The number of aromatic nitrogens is 3. The van der Waals surface area contributed by atoms with E-state index in [-0.39, 0.29) is 18.2 Å². The first-order chi connectivity index (χ1) is 10.2. The minimum absolute atomic E-state index is 0. The fraction of sp³-hybridized carbons (Fsp3) is 0.500. The second-order valence-electron chi connectivity index (χ2n) is 6.27. The smallest absolute Gasteiger partial charge is 0.148 e. The van der Waals surface area contributed by atoms with Crippen LogP contribution in [0.15, 0.2) is 24.3 Å². The predicted molar refractivity (Wildman–Crippen MR) is 85.2 cm³/mol. The van der Waals surface area contributed by atoms with Gasteiger partial charge in [-0.05, 0) is 69.0 Å². The summed E-state index contributed by atoms with van der Waals surface area (Å²) in [6, 6.07) is 6.49. The summed E-state index contributed by atoms with van der Waals surface area (Å²) in [5.41, 5.74) is 1.31. The predicted octanol–water partition coefficient (Wildman–Crippen LogP) is 2.99. The van der Waals surface area contributed by atoms with E-state index in [4.69, 9.17) is 0 Å². The van der Waals surface area contributed by atoms with Crippen LogP contribution in [0, 0.1) is 18.2 Å². The monoisotopic (exact) mass is 322 g/mol. The van der Waals surface area contributed by atoms with Crippen LogP contribution >= 0.6 is 12.4 Å². The maximum atomic E-state index is 13.1. The van der Waals surface area contributed by atoms with Gasteiger partial charge in [0.15, 0.2) is 0 Å². The van der Waals surface area contributed by atoms with Crippen molar-refractivity contribution in [2.24, 2.45) is 5.41 Å². The fourth-order valence-electron chi connectivity index (χ4n) is 3.62. The Morgan fingerprint density at radius 2 is 1.91 bits per heavy atom. The Kier molecular flexibility index (Phi) is 3.95. The quantitative estimate of drug-likeness (QED) is 0.924. The maximum Gasteiger partial charge on any atom is 0.148 e. The van der Waals surface area contributed by atoms with E-state index in [1.54, 1.807) is 12.1 Å². The second kappa shape index (κ2) is 5.63. The summed E-state index contributed by atoms with van der Waals surface area (Å²) in [7, 11) is 0. The number of piperidine rings is 1. The molecule has 2 aliphatic rings. The lowest BCUT2D eigenvalue weighted by Gasteiger charge is -2.23. The maximum absolute atomic E-state index is 13.1. The van der Waals surface area contributed by atoms with Crippen molar-refractivity contribution >= 4 is 12.4 Å². The Morgan fingerprint density at radius 3 is 2.59 bits per heavy atom. The van der Waals surface area contributed by atoms with Crippen LogP contribution in [0.25, 0.3) is 5.69 Å². The van der Waals surface area contributed by atoms with Crippen LogP contribution in [0.3, 0.4) is 0 Å². The van der Waals surface area contributed by atoms with Crippen molar-refractivity contribution in [1.29, 1.82) is 0 Å². The molecular weight excluding hydrogens is 303 g/mol. The average Bonchev–Trinajstić information content (AvgIpc) is 3.02. The number of nitrogens with zero attached hydrogens (tertiary/aromatic N) is 3. The standard InChI is InChI=1S/C16H19FN4.ClH/c1-11-19-15(14-10-16(14)6-8-18-9-7-16)21(20-11)13-4-2-12(17)3-5-13;/h2-5,14,18H,6-10H2,1H3;1H. The van der Waals surface area contributed by atoms with Gasteiger partial charge in [0.25, 0.3) is 0 Å². The molecule has 1 aromatic carbocycles. The molecule has 6 heteroatoms. The first-order valence-electron chi connectivity index (χ1n) is 7.58. The van der Waals surface area contributed by atoms with Gasteiger partial charge in [-0.1, -0.05) is 0 Å². The van der Waals surface area contributed by atoms with Crippen LogP contribution in [0.1, 0.15) is 36.8 Å². The summed E-state index contributed by atoms with van der Waals surface area (Å²) in [6.45, 7) is 4.11. The number of hydrogen-bond acceptors (Lipinski definition) is 3. The molecule has 0 radical (unpaired) electrons. The molecule has 22 heavy (non-hydrogen) atoms. The summed E-state index contributed by atoms with van der Waals surface area (Å²) >= 11 is 0. The van der Waals surface area contributed by atoms with Crippen LogP contribution in [-0.4, -0.2) is 27.9 Å². The molecule has 1 aromatic heterocycles.